The first-order valence-corrected chi connectivity index (χ1v) is 8.60. The third-order valence-corrected chi connectivity index (χ3v) is 3.67. The molecule has 0 aromatic rings. The van der Waals surface area contributed by atoms with Gasteiger partial charge in [0.2, 0.25) is 5.91 Å². The van der Waals surface area contributed by atoms with E-state index in [-0.39, 0.29) is 42.3 Å². The molecule has 2 N–H and O–H groups in total. The van der Waals surface area contributed by atoms with Crippen molar-refractivity contribution in [3.8, 4) is 0 Å². The zero-order valence-electron chi connectivity index (χ0n) is 16.1. The summed E-state index contributed by atoms with van der Waals surface area (Å²) < 4.78 is 9.95. The molecule has 1 aliphatic rings. The highest BCUT2D eigenvalue weighted by Crippen LogP contribution is 2.32. The van der Waals surface area contributed by atoms with Crippen molar-refractivity contribution in [2.75, 3.05) is 19.8 Å². The van der Waals surface area contributed by atoms with E-state index in [9.17, 15) is 24.0 Å². The number of rotatable bonds is 8. The van der Waals surface area contributed by atoms with E-state index in [0.29, 0.717) is 0 Å². The number of allylic oxidation sites excluding steroid dienone is 2. The molecular weight excluding hydrogens is 356 g/mol. The maximum Gasteiger partial charge on any atom is 0.337 e. The summed E-state index contributed by atoms with van der Waals surface area (Å²) in [5.41, 5.74) is -1.18. The van der Waals surface area contributed by atoms with Gasteiger partial charge in [0, 0.05) is 20.4 Å². The van der Waals surface area contributed by atoms with Crippen LogP contribution in [0, 0.1) is 5.92 Å². The lowest BCUT2D eigenvalue weighted by atomic mass is 9.82. The lowest BCUT2D eigenvalue weighted by Crippen LogP contribution is -2.45. The molecule has 0 bridgehead atoms. The molecule has 148 valence electrons. The molecule has 1 rings (SSSR count). The molecule has 1 amide bonds. The highest BCUT2D eigenvalue weighted by Gasteiger charge is 2.44. The Bertz CT molecular complexity index is 682. The molecule has 0 radical (unpaired) electrons. The van der Waals surface area contributed by atoms with Gasteiger partial charge in [-0.1, -0.05) is 0 Å². The number of ketones is 2. The van der Waals surface area contributed by atoms with Crippen LogP contribution >= 0.6 is 0 Å². The molecule has 0 fully saturated rings. The molecule has 9 nitrogen and oxygen atoms in total. The van der Waals surface area contributed by atoms with Gasteiger partial charge >= 0.3 is 11.9 Å². The summed E-state index contributed by atoms with van der Waals surface area (Å²) in [6.07, 6.45) is 0. The first-order valence-electron chi connectivity index (χ1n) is 8.60. The summed E-state index contributed by atoms with van der Waals surface area (Å²) in [7, 11) is 0. The molecule has 0 atom stereocenters. The van der Waals surface area contributed by atoms with E-state index in [1.807, 2.05) is 0 Å². The normalized spacial score (nSPS) is 14.4. The number of hydrogen-bond donors (Lipinski definition) is 2. The van der Waals surface area contributed by atoms with Gasteiger partial charge in [0.1, 0.15) is 5.92 Å². The number of dihydropyridines is 1. The standard InChI is InChI=1S/C18H24N2O7/c1-6-19-16(23)11-12(17(24)26-7-2)14(9(4)21)20-15(10(5)22)13(11)18(25)27-8-3/h11,20H,6-8H2,1-5H3,(H,19,23). The van der Waals surface area contributed by atoms with Gasteiger partial charge in [-0.3, -0.25) is 14.4 Å². The lowest BCUT2D eigenvalue weighted by molar-refractivity contribution is -0.143. The van der Waals surface area contributed by atoms with Crippen LogP contribution in [-0.2, 0) is 33.4 Å². The molecule has 0 aromatic heterocycles. The lowest BCUT2D eigenvalue weighted by Gasteiger charge is -2.29. The molecule has 27 heavy (non-hydrogen) atoms. The number of carbonyl (C=O) groups is 5. The first kappa shape index (κ1) is 22.1. The largest absolute Gasteiger partial charge is 0.463 e. The molecule has 0 saturated heterocycles. The second kappa shape index (κ2) is 9.65. The number of ether oxygens (including phenoxy) is 2. The molecule has 0 saturated carbocycles. The van der Waals surface area contributed by atoms with Crippen LogP contribution in [0.3, 0.4) is 0 Å². The van der Waals surface area contributed by atoms with Crippen molar-refractivity contribution < 1.29 is 33.4 Å². The van der Waals surface area contributed by atoms with Crippen molar-refractivity contribution in [2.24, 2.45) is 5.92 Å². The Morgan fingerprint density at radius 1 is 0.852 bits per heavy atom. The summed E-state index contributed by atoms with van der Waals surface area (Å²) in [6, 6.07) is 0. The van der Waals surface area contributed by atoms with Gasteiger partial charge in [0.25, 0.3) is 0 Å². The van der Waals surface area contributed by atoms with Crippen molar-refractivity contribution in [1.82, 2.24) is 10.6 Å². The van der Waals surface area contributed by atoms with Gasteiger partial charge in [-0.25, -0.2) is 9.59 Å². The van der Waals surface area contributed by atoms with Gasteiger partial charge in [0.15, 0.2) is 11.6 Å². The number of amides is 1. The highest BCUT2D eigenvalue weighted by molar-refractivity contribution is 6.15. The van der Waals surface area contributed by atoms with Crippen LogP contribution in [0.1, 0.15) is 34.6 Å². The Kier molecular flexibility index (Phi) is 7.89. The summed E-state index contributed by atoms with van der Waals surface area (Å²) in [4.78, 5) is 62.0. The van der Waals surface area contributed by atoms with Crippen LogP contribution in [0.2, 0.25) is 0 Å². The second-order valence-electron chi connectivity index (χ2n) is 5.58. The Morgan fingerprint density at radius 3 is 1.56 bits per heavy atom. The van der Waals surface area contributed by atoms with Crippen molar-refractivity contribution >= 4 is 29.4 Å². The van der Waals surface area contributed by atoms with E-state index < -0.39 is 35.3 Å². The summed E-state index contributed by atoms with van der Waals surface area (Å²) in [6.45, 7) is 7.31. The molecule has 0 aliphatic carbocycles. The van der Waals surface area contributed by atoms with Crippen molar-refractivity contribution in [1.29, 1.82) is 0 Å². The first-order chi connectivity index (χ1) is 12.7. The number of hydrogen-bond acceptors (Lipinski definition) is 8. The maximum atomic E-state index is 12.7. The number of carbonyl (C=O) groups excluding carboxylic acids is 5. The van der Waals surface area contributed by atoms with Crippen molar-refractivity contribution in [3.05, 3.63) is 22.5 Å². The smallest absolute Gasteiger partial charge is 0.337 e. The van der Waals surface area contributed by atoms with Crippen LogP contribution in [-0.4, -0.2) is 49.2 Å². The number of Topliss-reactive ketones (excluding diaryl/α,β-unsaturated/α-hetero) is 2. The van der Waals surface area contributed by atoms with E-state index in [2.05, 4.69) is 10.6 Å². The Hall–Kier alpha value is -2.97. The van der Waals surface area contributed by atoms with Crippen LogP contribution in [0.15, 0.2) is 22.5 Å². The minimum absolute atomic E-state index is 0.00630. The third kappa shape index (κ3) is 4.81. The molecule has 0 spiro atoms. The van der Waals surface area contributed by atoms with Crippen LogP contribution in [0.25, 0.3) is 0 Å². The average Bonchev–Trinajstić information content (AvgIpc) is 2.60. The predicted octanol–water partition coefficient (Wildman–Crippen LogP) is 0.154. The van der Waals surface area contributed by atoms with E-state index >= 15 is 0 Å². The zero-order valence-corrected chi connectivity index (χ0v) is 16.1. The zero-order chi connectivity index (χ0) is 20.7. The van der Waals surface area contributed by atoms with Crippen LogP contribution < -0.4 is 10.6 Å². The van der Waals surface area contributed by atoms with E-state index in [1.165, 1.54) is 13.8 Å². The average molecular weight is 380 g/mol. The van der Waals surface area contributed by atoms with Gasteiger partial charge in [-0.2, -0.15) is 0 Å². The Morgan fingerprint density at radius 2 is 1.26 bits per heavy atom. The van der Waals surface area contributed by atoms with Crippen LogP contribution in [0.4, 0.5) is 0 Å². The monoisotopic (exact) mass is 380 g/mol. The topological polar surface area (TPSA) is 128 Å². The molecular formula is C18H24N2O7. The van der Waals surface area contributed by atoms with Gasteiger partial charge in [0.05, 0.1) is 35.8 Å². The molecule has 1 heterocycles. The van der Waals surface area contributed by atoms with E-state index in [4.69, 9.17) is 9.47 Å². The van der Waals surface area contributed by atoms with Gasteiger partial charge < -0.3 is 20.1 Å². The molecule has 9 heteroatoms. The van der Waals surface area contributed by atoms with E-state index in [0.717, 1.165) is 0 Å². The summed E-state index contributed by atoms with van der Waals surface area (Å²) >= 11 is 0. The molecule has 0 aromatic carbocycles. The fourth-order valence-corrected chi connectivity index (χ4v) is 2.64. The SMILES string of the molecule is CCNC(=O)C1C(C(=O)OCC)=C(C(C)=O)NC(C(C)=O)=C1C(=O)OCC. The second-order valence-corrected chi connectivity index (χ2v) is 5.58. The highest BCUT2D eigenvalue weighted by atomic mass is 16.5. The van der Waals surface area contributed by atoms with E-state index in [1.54, 1.807) is 20.8 Å². The fraction of sp³-hybridized carbons (Fsp3) is 0.500. The van der Waals surface area contributed by atoms with Crippen molar-refractivity contribution in [3.63, 3.8) is 0 Å². The summed E-state index contributed by atoms with van der Waals surface area (Å²) in [5, 5.41) is 5.05. The van der Waals surface area contributed by atoms with Crippen LogP contribution in [0.5, 0.6) is 0 Å². The number of esters is 2. The molecule has 0 unspecified atom stereocenters. The van der Waals surface area contributed by atoms with Crippen molar-refractivity contribution in [2.45, 2.75) is 34.6 Å². The Labute approximate surface area is 157 Å². The summed E-state index contributed by atoms with van der Waals surface area (Å²) in [5.74, 6) is -5.28. The fourth-order valence-electron chi connectivity index (χ4n) is 2.64. The van der Waals surface area contributed by atoms with Gasteiger partial charge in [-0.05, 0) is 20.8 Å². The Balaban J connectivity index is 3.78. The minimum atomic E-state index is -1.51. The minimum Gasteiger partial charge on any atom is -0.463 e. The van der Waals surface area contributed by atoms with Gasteiger partial charge in [-0.15, -0.1) is 0 Å². The predicted molar refractivity (Wildman–Crippen MR) is 94.0 cm³/mol. The third-order valence-electron chi connectivity index (χ3n) is 3.67. The maximum absolute atomic E-state index is 12.7. The quantitative estimate of drug-likeness (QED) is 0.570. The molecule has 1 aliphatic heterocycles. The number of nitrogens with one attached hydrogen (secondary N) is 2.